The number of morpholine rings is 2. The van der Waals surface area contributed by atoms with Crippen LogP contribution in [0.2, 0.25) is 5.02 Å². The third kappa shape index (κ3) is 7.38. The van der Waals surface area contributed by atoms with Gasteiger partial charge in [0.1, 0.15) is 12.4 Å². The zero-order chi connectivity index (χ0) is 34.6. The smallest absolute Gasteiger partial charge is 0.318 e. The predicted octanol–water partition coefficient (Wildman–Crippen LogP) is 3.37. The number of aromatic nitrogens is 2. The summed E-state index contributed by atoms with van der Waals surface area (Å²) in [6, 6.07) is 14.7. The van der Waals surface area contributed by atoms with Crippen LogP contribution < -0.4 is 14.5 Å². The Hall–Kier alpha value is -3.99. The first-order valence-corrected chi connectivity index (χ1v) is 17.9. The van der Waals surface area contributed by atoms with Gasteiger partial charge in [0.25, 0.3) is 5.91 Å². The Labute approximate surface area is 298 Å². The average molecular weight is 701 g/mol. The lowest BCUT2D eigenvalue weighted by Gasteiger charge is -2.43. The van der Waals surface area contributed by atoms with Crippen molar-refractivity contribution < 1.29 is 19.0 Å². The highest BCUT2D eigenvalue weighted by Crippen LogP contribution is 2.37. The van der Waals surface area contributed by atoms with E-state index in [1.807, 2.05) is 17.0 Å². The molecule has 7 rings (SSSR count). The number of hydrogen-bond donors (Lipinski definition) is 0. The van der Waals surface area contributed by atoms with Crippen molar-refractivity contribution in [1.82, 2.24) is 24.7 Å². The Morgan fingerprint density at radius 3 is 2.62 bits per heavy atom. The quantitative estimate of drug-likeness (QED) is 0.307. The zero-order valence-electron chi connectivity index (χ0n) is 28.7. The van der Waals surface area contributed by atoms with E-state index in [1.165, 1.54) is 0 Å². The second kappa shape index (κ2) is 15.5. The van der Waals surface area contributed by atoms with Gasteiger partial charge in [0.2, 0.25) is 0 Å². The van der Waals surface area contributed by atoms with Crippen molar-refractivity contribution >= 4 is 39.8 Å². The number of nitriles is 1. The molecule has 3 aromatic rings. The van der Waals surface area contributed by atoms with Crippen LogP contribution in [0.15, 0.2) is 48.6 Å². The molecule has 1 amide bonds. The maximum atomic E-state index is 13.7. The van der Waals surface area contributed by atoms with Crippen molar-refractivity contribution in [2.24, 2.45) is 0 Å². The van der Waals surface area contributed by atoms with E-state index < -0.39 is 0 Å². The molecule has 0 bridgehead atoms. The number of benzene rings is 2. The fourth-order valence-electron chi connectivity index (χ4n) is 7.44. The van der Waals surface area contributed by atoms with Crippen molar-refractivity contribution in [2.45, 2.75) is 31.5 Å². The number of piperazine rings is 1. The van der Waals surface area contributed by atoms with Crippen LogP contribution >= 0.6 is 11.6 Å². The maximum absolute atomic E-state index is 13.7. The van der Waals surface area contributed by atoms with E-state index in [0.717, 1.165) is 71.2 Å². The zero-order valence-corrected chi connectivity index (χ0v) is 29.5. The molecule has 0 spiro atoms. The summed E-state index contributed by atoms with van der Waals surface area (Å²) in [6.07, 6.45) is 0.941. The summed E-state index contributed by atoms with van der Waals surface area (Å²) >= 11 is 6.75. The Balaban J connectivity index is 1.15. The van der Waals surface area contributed by atoms with Crippen molar-refractivity contribution in [2.75, 3.05) is 102 Å². The molecule has 3 fully saturated rings. The number of ether oxygens (including phenoxy) is 3. The van der Waals surface area contributed by atoms with E-state index in [1.54, 1.807) is 0 Å². The molecule has 50 heavy (non-hydrogen) atoms. The first kappa shape index (κ1) is 34.5. The highest BCUT2D eigenvalue weighted by atomic mass is 35.5. The van der Waals surface area contributed by atoms with Gasteiger partial charge in [0.15, 0.2) is 0 Å². The van der Waals surface area contributed by atoms with Gasteiger partial charge in [-0.3, -0.25) is 14.6 Å². The molecule has 3 saturated heterocycles. The van der Waals surface area contributed by atoms with Gasteiger partial charge in [-0.15, -0.1) is 0 Å². The van der Waals surface area contributed by atoms with Gasteiger partial charge in [0, 0.05) is 74.6 Å². The molecular weight excluding hydrogens is 656 g/mol. The molecule has 5 heterocycles. The molecule has 0 aliphatic carbocycles. The molecule has 13 heteroatoms. The van der Waals surface area contributed by atoms with Gasteiger partial charge >= 0.3 is 6.01 Å². The minimum atomic E-state index is -0.302. The monoisotopic (exact) mass is 700 g/mol. The summed E-state index contributed by atoms with van der Waals surface area (Å²) in [6.45, 7) is 12.9. The Kier molecular flexibility index (Phi) is 10.7. The summed E-state index contributed by atoms with van der Waals surface area (Å²) in [5.74, 6) is 0.726. The van der Waals surface area contributed by atoms with Gasteiger partial charge in [-0.2, -0.15) is 15.2 Å². The molecular formula is C37H45ClN8O4. The molecule has 0 N–H and O–H groups in total. The van der Waals surface area contributed by atoms with E-state index in [9.17, 15) is 10.1 Å². The van der Waals surface area contributed by atoms with Crippen LogP contribution in [-0.4, -0.2) is 135 Å². The number of amides is 1. The highest BCUT2D eigenvalue weighted by Gasteiger charge is 2.35. The lowest BCUT2D eigenvalue weighted by molar-refractivity contribution is -0.130. The number of likely N-dealkylation sites (N-methyl/N-ethyl adjacent to an activating group) is 1. The van der Waals surface area contributed by atoms with Gasteiger partial charge in [-0.1, -0.05) is 42.4 Å². The van der Waals surface area contributed by atoms with Crippen LogP contribution in [0, 0.1) is 11.3 Å². The predicted molar refractivity (Wildman–Crippen MR) is 193 cm³/mol. The Morgan fingerprint density at radius 1 is 1.02 bits per heavy atom. The molecule has 2 atom stereocenters. The molecule has 12 nitrogen and oxygen atoms in total. The van der Waals surface area contributed by atoms with Crippen LogP contribution in [0.3, 0.4) is 0 Å². The first-order chi connectivity index (χ1) is 24.4. The Morgan fingerprint density at radius 2 is 1.82 bits per heavy atom. The van der Waals surface area contributed by atoms with E-state index in [2.05, 4.69) is 63.6 Å². The second-order valence-corrected chi connectivity index (χ2v) is 13.9. The minimum Gasteiger partial charge on any atom is -0.462 e. The highest BCUT2D eigenvalue weighted by molar-refractivity contribution is 6.36. The molecule has 1 aromatic heterocycles. The number of carbonyl (C=O) groups is 1. The number of nitrogens with zero attached hydrogens (tertiary/aromatic N) is 8. The average Bonchev–Trinajstić information content (AvgIpc) is 3.14. The van der Waals surface area contributed by atoms with Crippen LogP contribution in [0.4, 0.5) is 11.5 Å². The molecule has 264 valence electrons. The molecule has 0 unspecified atom stereocenters. The van der Waals surface area contributed by atoms with Crippen molar-refractivity contribution in [3.8, 4) is 12.1 Å². The largest absolute Gasteiger partial charge is 0.462 e. The van der Waals surface area contributed by atoms with E-state index >= 15 is 0 Å². The number of hydrogen-bond acceptors (Lipinski definition) is 11. The Bertz CT molecular complexity index is 1760. The van der Waals surface area contributed by atoms with E-state index in [-0.39, 0.29) is 24.4 Å². The third-order valence-electron chi connectivity index (χ3n) is 10.3. The molecule has 0 radical (unpaired) electrons. The summed E-state index contributed by atoms with van der Waals surface area (Å²) in [4.78, 5) is 34.5. The van der Waals surface area contributed by atoms with Crippen LogP contribution in [0.1, 0.15) is 17.7 Å². The molecule has 4 aliphatic heterocycles. The van der Waals surface area contributed by atoms with Gasteiger partial charge < -0.3 is 28.9 Å². The number of carbonyl (C=O) groups excluding carboxylic acids is 1. The maximum Gasteiger partial charge on any atom is 0.318 e. The molecule has 2 aromatic carbocycles. The summed E-state index contributed by atoms with van der Waals surface area (Å²) in [5, 5.41) is 12.7. The van der Waals surface area contributed by atoms with Crippen LogP contribution in [0.5, 0.6) is 6.01 Å². The minimum absolute atomic E-state index is 0.0895. The summed E-state index contributed by atoms with van der Waals surface area (Å²) in [7, 11) is 2.08. The van der Waals surface area contributed by atoms with Crippen molar-refractivity contribution in [3.05, 3.63) is 64.8 Å². The summed E-state index contributed by atoms with van der Waals surface area (Å²) < 4.78 is 17.5. The number of halogens is 1. The van der Waals surface area contributed by atoms with E-state index in [0.29, 0.717) is 77.3 Å². The van der Waals surface area contributed by atoms with Gasteiger partial charge in [-0.05, 0) is 31.0 Å². The third-order valence-corrected chi connectivity index (χ3v) is 10.6. The number of fused-ring (bicyclic) bond motifs is 2. The fraction of sp³-hybridized carbons (Fsp3) is 0.514. The van der Waals surface area contributed by atoms with E-state index in [4.69, 9.17) is 35.8 Å². The topological polar surface area (TPSA) is 111 Å². The van der Waals surface area contributed by atoms with Crippen molar-refractivity contribution in [1.29, 1.82) is 5.26 Å². The first-order valence-electron chi connectivity index (χ1n) is 17.5. The molecule has 0 saturated carbocycles. The fourth-order valence-corrected chi connectivity index (χ4v) is 7.72. The normalized spacial score (nSPS) is 21.9. The van der Waals surface area contributed by atoms with Gasteiger partial charge in [-0.25, -0.2) is 0 Å². The summed E-state index contributed by atoms with van der Waals surface area (Å²) in [5.41, 5.74) is 3.60. The number of anilines is 2. The molecule has 4 aliphatic rings. The van der Waals surface area contributed by atoms with Crippen molar-refractivity contribution in [3.63, 3.8) is 0 Å². The SMILES string of the molecule is C=C(CN1CCOCC1)C(=O)N1CCN(c2nc(OC[C@@H]3COCCN3C)nc3c2CCN(c2cccc4cccc(Cl)c24)C3)C[C@@H]1CC#N. The lowest BCUT2D eigenvalue weighted by atomic mass is 10.0. The van der Waals surface area contributed by atoms with Crippen LogP contribution in [0.25, 0.3) is 10.8 Å². The van der Waals surface area contributed by atoms with Gasteiger partial charge in [0.05, 0.1) is 68.3 Å². The second-order valence-electron chi connectivity index (χ2n) is 13.5. The standard InChI is InChI=1S/C37H45ClN8O4/c1-26(21-43-16-19-48-20-17-43)36(47)46-14-13-45(22-28(46)9-11-39)35-30-10-12-44(33-8-4-6-27-5-3-7-31(38)34(27)33)23-32(30)40-37(41-35)50-25-29-24-49-18-15-42(29)2/h3-8,28-29H,1,9-10,12-25H2,2H3/t28-,29-/m0/s1. The number of rotatable bonds is 9. The van der Waals surface area contributed by atoms with Crippen LogP contribution in [-0.2, 0) is 27.2 Å². The lowest BCUT2D eigenvalue weighted by Crippen LogP contribution is -2.56.